The molecule has 7 heterocycles. The Bertz CT molecular complexity index is 1980. The molecule has 10 nitrogen and oxygen atoms in total. The van der Waals surface area contributed by atoms with E-state index in [1.165, 1.54) is 6.42 Å². The number of ether oxygens (including phenoxy) is 1. The molecule has 1 saturated carbocycles. The van der Waals surface area contributed by atoms with Crippen molar-refractivity contribution in [3.63, 3.8) is 0 Å². The number of thiophene rings is 2. The summed E-state index contributed by atoms with van der Waals surface area (Å²) in [7, 11) is 0. The highest BCUT2D eigenvalue weighted by molar-refractivity contribution is 7.18. The molecule has 8 rings (SSSR count). The largest absolute Gasteiger partial charge is 0.357 e. The van der Waals surface area contributed by atoms with Crippen LogP contribution in [0.4, 0.5) is 0 Å². The molecule has 0 amide bonds. The molecule has 2 aliphatic rings. The van der Waals surface area contributed by atoms with Crippen molar-refractivity contribution in [2.75, 3.05) is 6.61 Å². The molecule has 1 unspecified atom stereocenters. The second-order valence-electron chi connectivity index (χ2n) is 11.2. The molecular weight excluding hydrogens is 637 g/mol. The Morgan fingerprint density at radius 3 is 2.16 bits per heavy atom. The second kappa shape index (κ2) is 12.1. The summed E-state index contributed by atoms with van der Waals surface area (Å²) in [6.45, 7) is 3.01. The van der Waals surface area contributed by atoms with E-state index in [1.807, 2.05) is 50.8 Å². The summed E-state index contributed by atoms with van der Waals surface area (Å²) < 4.78 is 11.6. The standard InChI is InChI=1S/C16H14ClN5S.C14H13ClN4OS/c1-10-6-16(7-10,3-4-18)22-9-11(8-19-22)13-14-12(2-5-23-14)20-15(17)21-13;15-14-17-10-4-6-21-13(10)12(18-14)9-7-16-19(8-9)11-3-1-2-5-20-11/h2,5,8-10H,3,6-7H2,1H3;4,6-8,11H,1-3,5H2. The van der Waals surface area contributed by atoms with E-state index in [4.69, 9.17) is 33.2 Å². The van der Waals surface area contributed by atoms with Gasteiger partial charge in [0.2, 0.25) is 10.6 Å². The van der Waals surface area contributed by atoms with Crippen LogP contribution in [0.2, 0.25) is 10.6 Å². The van der Waals surface area contributed by atoms with Gasteiger partial charge in [0.15, 0.2) is 0 Å². The lowest BCUT2D eigenvalue weighted by atomic mass is 9.67. The SMILES string of the molecule is CC1CC(CC#N)(n2cc(-c3nc(Cl)nc4ccsc34)cn2)C1.Clc1nc(-c2cnn(C3CCCCO3)c2)c2sccc2n1. The first kappa shape index (κ1) is 29.3. The fourth-order valence-electron chi connectivity index (χ4n) is 6.11. The monoisotopic (exact) mass is 663 g/mol. The quantitative estimate of drug-likeness (QED) is 0.169. The van der Waals surface area contributed by atoms with Gasteiger partial charge in [0.05, 0.1) is 62.2 Å². The van der Waals surface area contributed by atoms with Gasteiger partial charge in [0, 0.05) is 30.1 Å². The van der Waals surface area contributed by atoms with Gasteiger partial charge in [-0.25, -0.2) is 24.6 Å². The highest BCUT2D eigenvalue weighted by Crippen LogP contribution is 2.46. The van der Waals surface area contributed by atoms with Crippen LogP contribution in [0, 0.1) is 17.2 Å². The maximum absolute atomic E-state index is 9.16. The summed E-state index contributed by atoms with van der Waals surface area (Å²) in [6.07, 6.45) is 13.4. The number of aromatic nitrogens is 8. The van der Waals surface area contributed by atoms with E-state index in [0.29, 0.717) is 12.3 Å². The van der Waals surface area contributed by atoms with E-state index >= 15 is 0 Å². The highest BCUT2D eigenvalue weighted by Gasteiger charge is 2.44. The fourth-order valence-corrected chi connectivity index (χ4v) is 8.15. The van der Waals surface area contributed by atoms with Crippen LogP contribution in [-0.4, -0.2) is 46.1 Å². The number of rotatable bonds is 5. The molecule has 0 radical (unpaired) electrons. The van der Waals surface area contributed by atoms with E-state index < -0.39 is 0 Å². The van der Waals surface area contributed by atoms with Gasteiger partial charge in [-0.05, 0) is 84.1 Å². The maximum atomic E-state index is 9.16. The van der Waals surface area contributed by atoms with E-state index in [1.54, 1.807) is 28.9 Å². The van der Waals surface area contributed by atoms with E-state index in [9.17, 15) is 0 Å². The van der Waals surface area contributed by atoms with Gasteiger partial charge in [0.25, 0.3) is 0 Å². The van der Waals surface area contributed by atoms with Crippen LogP contribution < -0.4 is 0 Å². The number of hydrogen-bond donors (Lipinski definition) is 0. The van der Waals surface area contributed by atoms with Gasteiger partial charge in [-0.15, -0.1) is 22.7 Å². The van der Waals surface area contributed by atoms with Crippen LogP contribution >= 0.6 is 45.9 Å². The van der Waals surface area contributed by atoms with E-state index in [-0.39, 0.29) is 22.3 Å². The Balaban J connectivity index is 0.000000143. The third-order valence-corrected chi connectivity index (χ3v) is 10.2. The minimum Gasteiger partial charge on any atom is -0.357 e. The molecule has 6 aromatic rings. The first-order chi connectivity index (χ1) is 21.4. The highest BCUT2D eigenvalue weighted by atomic mass is 35.5. The summed E-state index contributed by atoms with van der Waals surface area (Å²) in [5.74, 6) is 0.633. The van der Waals surface area contributed by atoms with Crippen LogP contribution in [0.1, 0.15) is 51.7 Å². The molecule has 1 atom stereocenters. The van der Waals surface area contributed by atoms with Crippen molar-refractivity contribution in [3.8, 4) is 28.6 Å². The van der Waals surface area contributed by atoms with Crippen molar-refractivity contribution in [1.82, 2.24) is 39.5 Å². The Morgan fingerprint density at radius 1 is 0.932 bits per heavy atom. The smallest absolute Gasteiger partial charge is 0.223 e. The molecule has 1 aliphatic heterocycles. The Morgan fingerprint density at radius 2 is 1.57 bits per heavy atom. The summed E-state index contributed by atoms with van der Waals surface area (Å²) in [5.41, 5.74) is 5.05. The van der Waals surface area contributed by atoms with Gasteiger partial charge in [-0.2, -0.15) is 15.5 Å². The number of nitrogens with zero attached hydrogens (tertiary/aromatic N) is 9. The average molecular weight is 665 g/mol. The fraction of sp³-hybridized carbons (Fsp3) is 0.367. The molecule has 0 N–H and O–H groups in total. The van der Waals surface area contributed by atoms with Crippen molar-refractivity contribution in [3.05, 3.63) is 58.2 Å². The molecule has 2 fully saturated rings. The Labute approximate surface area is 271 Å². The van der Waals surface area contributed by atoms with Crippen LogP contribution in [-0.2, 0) is 10.3 Å². The number of hydrogen-bond acceptors (Lipinski definition) is 10. The first-order valence-corrected chi connectivity index (χ1v) is 16.8. The molecule has 1 saturated heterocycles. The van der Waals surface area contributed by atoms with Crippen LogP contribution in [0.15, 0.2) is 47.7 Å². The van der Waals surface area contributed by atoms with Crippen molar-refractivity contribution in [1.29, 1.82) is 5.26 Å². The predicted molar refractivity (Wildman–Crippen MR) is 173 cm³/mol. The molecule has 44 heavy (non-hydrogen) atoms. The maximum Gasteiger partial charge on any atom is 0.223 e. The molecule has 6 aromatic heterocycles. The van der Waals surface area contributed by atoms with Crippen molar-refractivity contribution in [2.45, 2.75) is 57.2 Å². The first-order valence-electron chi connectivity index (χ1n) is 14.3. The molecule has 0 spiro atoms. The minimum absolute atomic E-state index is 0.0311. The van der Waals surface area contributed by atoms with Gasteiger partial charge in [0.1, 0.15) is 6.23 Å². The third kappa shape index (κ3) is 5.59. The molecule has 224 valence electrons. The van der Waals surface area contributed by atoms with Crippen LogP contribution in [0.3, 0.4) is 0 Å². The molecular formula is C30H27Cl2N9OS2. The number of fused-ring (bicyclic) bond motifs is 2. The zero-order valence-corrected chi connectivity index (χ0v) is 26.9. The lowest BCUT2D eigenvalue weighted by molar-refractivity contribution is -0.0394. The van der Waals surface area contributed by atoms with Crippen molar-refractivity contribution in [2.24, 2.45) is 5.92 Å². The normalized spacial score (nSPS) is 21.5. The zero-order valence-electron chi connectivity index (χ0n) is 23.7. The molecule has 1 aliphatic carbocycles. The second-order valence-corrected chi connectivity index (χ2v) is 13.7. The minimum atomic E-state index is -0.169. The number of nitriles is 1. The zero-order chi connectivity index (χ0) is 30.3. The molecule has 14 heteroatoms. The van der Waals surface area contributed by atoms with Crippen LogP contribution in [0.5, 0.6) is 0 Å². The van der Waals surface area contributed by atoms with E-state index in [2.05, 4.69) is 43.1 Å². The Kier molecular flexibility index (Phi) is 8.07. The van der Waals surface area contributed by atoms with Gasteiger partial charge < -0.3 is 4.74 Å². The topological polar surface area (TPSA) is 120 Å². The summed E-state index contributed by atoms with van der Waals surface area (Å²) in [6, 6.07) is 6.19. The van der Waals surface area contributed by atoms with Crippen molar-refractivity contribution >= 4 is 66.3 Å². The van der Waals surface area contributed by atoms with Crippen LogP contribution in [0.25, 0.3) is 42.9 Å². The number of halogens is 2. The lowest BCUT2D eigenvalue weighted by Crippen LogP contribution is -2.45. The average Bonchev–Trinajstić information content (AvgIpc) is 3.83. The summed E-state index contributed by atoms with van der Waals surface area (Å²) in [4.78, 5) is 17.2. The lowest BCUT2D eigenvalue weighted by Gasteiger charge is -2.45. The summed E-state index contributed by atoms with van der Waals surface area (Å²) in [5, 5.41) is 22.6. The van der Waals surface area contributed by atoms with Gasteiger partial charge in [-0.3, -0.25) is 4.68 Å². The van der Waals surface area contributed by atoms with Crippen molar-refractivity contribution < 1.29 is 4.74 Å². The van der Waals surface area contributed by atoms with Gasteiger partial charge in [-0.1, -0.05) is 6.92 Å². The predicted octanol–water partition coefficient (Wildman–Crippen LogP) is 8.15. The molecule has 0 aromatic carbocycles. The molecule has 0 bridgehead atoms. The van der Waals surface area contributed by atoms with E-state index in [0.717, 1.165) is 75.2 Å². The summed E-state index contributed by atoms with van der Waals surface area (Å²) >= 11 is 15.3. The van der Waals surface area contributed by atoms with Gasteiger partial charge >= 0.3 is 0 Å². The third-order valence-electron chi connectivity index (χ3n) is 8.09. The Hall–Kier alpha value is -3.47.